The number of likely N-dealkylation sites (tertiary alicyclic amines) is 1. The summed E-state index contributed by atoms with van der Waals surface area (Å²) < 4.78 is 12.2. The van der Waals surface area contributed by atoms with Gasteiger partial charge in [0.2, 0.25) is 11.8 Å². The first-order chi connectivity index (χ1) is 12.2. The Morgan fingerprint density at radius 3 is 2.48 bits per heavy atom. The summed E-state index contributed by atoms with van der Waals surface area (Å²) in [5.74, 6) is 0.933. The number of allylic oxidation sites excluding steroid dienone is 2. The predicted octanol–water partition coefficient (Wildman–Crippen LogP) is 1.10. The summed E-state index contributed by atoms with van der Waals surface area (Å²) in [6, 6.07) is 0. The second-order valence-corrected chi connectivity index (χ2v) is 6.91. The van der Waals surface area contributed by atoms with Gasteiger partial charge in [0.1, 0.15) is 0 Å². The summed E-state index contributed by atoms with van der Waals surface area (Å²) in [5, 5.41) is 6.16. The zero-order valence-corrected chi connectivity index (χ0v) is 14.7. The third kappa shape index (κ3) is 3.55. The summed E-state index contributed by atoms with van der Waals surface area (Å²) >= 11 is 0. The lowest BCUT2D eigenvalue weighted by Crippen LogP contribution is -2.38. The van der Waals surface area contributed by atoms with Crippen LogP contribution >= 0.6 is 0 Å². The fourth-order valence-electron chi connectivity index (χ4n) is 4.22. The molecule has 1 aliphatic heterocycles. The summed E-state index contributed by atoms with van der Waals surface area (Å²) in [6.45, 7) is 3.81. The lowest BCUT2D eigenvalue weighted by atomic mass is 9.85. The van der Waals surface area contributed by atoms with Crippen molar-refractivity contribution in [3.63, 3.8) is 0 Å². The Balaban J connectivity index is 1.48. The number of rotatable bonds is 8. The molecule has 0 aromatic carbocycles. The number of hydrogen-bond acceptors (Lipinski definition) is 3. The Kier molecular flexibility index (Phi) is 5.71. The SMILES string of the molecule is CCNC(=NCCCN1C(=O)C2C3C=CC(C3)C2C1=O)NCCCF. The van der Waals surface area contributed by atoms with E-state index in [1.165, 1.54) is 4.90 Å². The highest BCUT2D eigenvalue weighted by Crippen LogP contribution is 2.52. The van der Waals surface area contributed by atoms with Gasteiger partial charge in [0.25, 0.3) is 0 Å². The van der Waals surface area contributed by atoms with Crippen LogP contribution in [0.25, 0.3) is 0 Å². The molecule has 2 aliphatic carbocycles. The number of alkyl halides is 1. The smallest absolute Gasteiger partial charge is 0.233 e. The Bertz CT molecular complexity index is 547. The lowest BCUT2D eigenvalue weighted by molar-refractivity contribution is -0.140. The molecule has 25 heavy (non-hydrogen) atoms. The minimum atomic E-state index is -0.356. The number of fused-ring (bicyclic) bond motifs is 5. The van der Waals surface area contributed by atoms with Gasteiger partial charge in [-0.05, 0) is 38.0 Å². The first kappa shape index (κ1) is 17.9. The molecule has 0 radical (unpaired) electrons. The van der Waals surface area contributed by atoms with Crippen molar-refractivity contribution in [2.24, 2.45) is 28.7 Å². The van der Waals surface area contributed by atoms with Crippen LogP contribution in [0.15, 0.2) is 17.1 Å². The number of guanidine groups is 1. The maximum absolute atomic E-state index is 12.6. The van der Waals surface area contributed by atoms with Crippen molar-refractivity contribution in [3.8, 4) is 0 Å². The van der Waals surface area contributed by atoms with Crippen LogP contribution in [0.1, 0.15) is 26.2 Å². The third-order valence-electron chi connectivity index (χ3n) is 5.32. The molecule has 1 heterocycles. The molecule has 0 aromatic heterocycles. The summed E-state index contributed by atoms with van der Waals surface area (Å²) in [6.07, 6.45) is 6.26. The molecule has 2 amide bonds. The fraction of sp³-hybridized carbons (Fsp3) is 0.722. The van der Waals surface area contributed by atoms with E-state index in [2.05, 4.69) is 27.8 Å². The highest BCUT2D eigenvalue weighted by Gasteiger charge is 2.58. The number of nitrogens with one attached hydrogen (secondary N) is 2. The highest BCUT2D eigenvalue weighted by atomic mass is 19.1. The molecule has 2 bridgehead atoms. The number of aliphatic imine (C=N–C) groups is 1. The number of hydrogen-bond donors (Lipinski definition) is 2. The van der Waals surface area contributed by atoms with Crippen LogP contribution in [0.2, 0.25) is 0 Å². The molecule has 0 spiro atoms. The van der Waals surface area contributed by atoms with Crippen LogP contribution in [-0.4, -0.2) is 55.5 Å². The minimum Gasteiger partial charge on any atom is -0.357 e. The number of amides is 2. The lowest BCUT2D eigenvalue weighted by Gasteiger charge is -2.16. The van der Waals surface area contributed by atoms with Gasteiger partial charge < -0.3 is 10.6 Å². The number of imide groups is 1. The van der Waals surface area contributed by atoms with Crippen molar-refractivity contribution in [2.45, 2.75) is 26.2 Å². The molecule has 0 aromatic rings. The van der Waals surface area contributed by atoms with E-state index in [1.54, 1.807) is 0 Å². The van der Waals surface area contributed by atoms with E-state index < -0.39 is 0 Å². The number of halogens is 1. The zero-order valence-electron chi connectivity index (χ0n) is 14.7. The monoisotopic (exact) mass is 350 g/mol. The van der Waals surface area contributed by atoms with E-state index in [0.29, 0.717) is 38.4 Å². The molecule has 3 aliphatic rings. The highest BCUT2D eigenvalue weighted by molar-refractivity contribution is 6.06. The predicted molar refractivity (Wildman–Crippen MR) is 93.6 cm³/mol. The van der Waals surface area contributed by atoms with E-state index in [1.807, 2.05) is 6.92 Å². The van der Waals surface area contributed by atoms with Gasteiger partial charge >= 0.3 is 0 Å². The van der Waals surface area contributed by atoms with Crippen molar-refractivity contribution in [2.75, 3.05) is 32.9 Å². The molecule has 7 heteroatoms. The first-order valence-corrected chi connectivity index (χ1v) is 9.29. The van der Waals surface area contributed by atoms with Gasteiger partial charge in [0.15, 0.2) is 5.96 Å². The number of carbonyl (C=O) groups is 2. The molecule has 4 unspecified atom stereocenters. The standard InChI is InChI=1S/C18H27FN4O2/c1-2-20-18(21-8-3-7-19)22-9-4-10-23-16(24)14-12-5-6-13(11-12)15(14)17(23)25/h5-6,12-15H,2-4,7-11H2,1H3,(H2,20,21,22). The molecule has 3 rings (SSSR count). The summed E-state index contributed by atoms with van der Waals surface area (Å²) in [7, 11) is 0. The van der Waals surface area contributed by atoms with Crippen molar-refractivity contribution in [1.29, 1.82) is 0 Å². The van der Waals surface area contributed by atoms with Crippen LogP contribution in [0.5, 0.6) is 0 Å². The molecule has 138 valence electrons. The maximum Gasteiger partial charge on any atom is 0.233 e. The minimum absolute atomic E-state index is 0.00353. The molecule has 2 fully saturated rings. The van der Waals surface area contributed by atoms with Crippen molar-refractivity contribution in [1.82, 2.24) is 15.5 Å². The second kappa shape index (κ2) is 7.97. The van der Waals surface area contributed by atoms with Gasteiger partial charge in [0, 0.05) is 26.2 Å². The van der Waals surface area contributed by atoms with Gasteiger partial charge in [-0.15, -0.1) is 0 Å². The summed E-state index contributed by atoms with van der Waals surface area (Å²) in [5.41, 5.74) is 0. The Hall–Kier alpha value is -1.92. The van der Waals surface area contributed by atoms with Crippen LogP contribution in [0.4, 0.5) is 4.39 Å². The molecular formula is C18H27FN4O2. The van der Waals surface area contributed by atoms with Gasteiger partial charge in [-0.3, -0.25) is 23.9 Å². The fourth-order valence-corrected chi connectivity index (χ4v) is 4.22. The molecule has 1 saturated heterocycles. The van der Waals surface area contributed by atoms with Crippen molar-refractivity contribution >= 4 is 17.8 Å². The molecule has 1 saturated carbocycles. The summed E-state index contributed by atoms with van der Waals surface area (Å²) in [4.78, 5) is 31.0. The van der Waals surface area contributed by atoms with Gasteiger partial charge in [-0.25, -0.2) is 0 Å². The molecule has 6 nitrogen and oxygen atoms in total. The Morgan fingerprint density at radius 2 is 1.88 bits per heavy atom. The maximum atomic E-state index is 12.6. The third-order valence-corrected chi connectivity index (χ3v) is 5.32. The van der Waals surface area contributed by atoms with E-state index >= 15 is 0 Å². The van der Waals surface area contributed by atoms with Gasteiger partial charge in [-0.2, -0.15) is 0 Å². The normalized spacial score (nSPS) is 30.3. The zero-order chi connectivity index (χ0) is 17.8. The molecule has 4 atom stereocenters. The van der Waals surface area contributed by atoms with Crippen LogP contribution in [-0.2, 0) is 9.59 Å². The Morgan fingerprint density at radius 1 is 1.20 bits per heavy atom. The first-order valence-electron chi connectivity index (χ1n) is 9.29. The van der Waals surface area contributed by atoms with Crippen molar-refractivity contribution < 1.29 is 14.0 Å². The van der Waals surface area contributed by atoms with Crippen molar-refractivity contribution in [3.05, 3.63) is 12.2 Å². The average molecular weight is 350 g/mol. The van der Waals surface area contributed by atoms with E-state index in [0.717, 1.165) is 13.0 Å². The average Bonchev–Trinajstić information content (AvgIpc) is 3.27. The van der Waals surface area contributed by atoms with Crippen LogP contribution in [0.3, 0.4) is 0 Å². The second-order valence-electron chi connectivity index (χ2n) is 6.91. The van der Waals surface area contributed by atoms with Gasteiger partial charge in [-0.1, -0.05) is 12.2 Å². The van der Waals surface area contributed by atoms with E-state index in [4.69, 9.17) is 0 Å². The topological polar surface area (TPSA) is 73.8 Å². The van der Waals surface area contributed by atoms with E-state index in [9.17, 15) is 14.0 Å². The Labute approximate surface area is 147 Å². The molecular weight excluding hydrogens is 323 g/mol. The number of carbonyl (C=O) groups excluding carboxylic acids is 2. The van der Waals surface area contributed by atoms with Crippen LogP contribution < -0.4 is 10.6 Å². The molecule has 2 N–H and O–H groups in total. The van der Waals surface area contributed by atoms with Crippen LogP contribution in [0, 0.1) is 23.7 Å². The van der Waals surface area contributed by atoms with Gasteiger partial charge in [0.05, 0.1) is 18.5 Å². The largest absolute Gasteiger partial charge is 0.357 e. The number of nitrogens with zero attached hydrogens (tertiary/aromatic N) is 2. The quantitative estimate of drug-likeness (QED) is 0.226. The van der Waals surface area contributed by atoms with E-state index in [-0.39, 0.29) is 42.2 Å².